The molecule has 1 aromatic rings. The summed E-state index contributed by atoms with van der Waals surface area (Å²) in [6.07, 6.45) is -0.800. The van der Waals surface area contributed by atoms with Crippen molar-refractivity contribution < 1.29 is 25.5 Å². The molecular formula is C15H20BrNO5. The second-order valence-corrected chi connectivity index (χ2v) is 6.55. The molecule has 1 atom stereocenters. The number of halogens is 1. The SMILES string of the molecule is [2H]COc1ccc(Br)cc1C[C@H](NC(=O)OC(C)(C)C)C(=O)O. The molecule has 0 spiro atoms. The first kappa shape index (κ1) is 16.6. The molecule has 2 N–H and O–H groups in total. The van der Waals surface area contributed by atoms with Crippen LogP contribution in [0.2, 0.25) is 0 Å². The van der Waals surface area contributed by atoms with Gasteiger partial charge in [0.05, 0.1) is 8.46 Å². The summed E-state index contributed by atoms with van der Waals surface area (Å²) in [7, 11) is -0.286. The van der Waals surface area contributed by atoms with Crippen molar-refractivity contribution >= 4 is 28.0 Å². The molecule has 0 aliphatic carbocycles. The quantitative estimate of drug-likeness (QED) is 0.827. The number of hydrogen-bond donors (Lipinski definition) is 2. The van der Waals surface area contributed by atoms with Crippen LogP contribution in [-0.4, -0.2) is 35.9 Å². The van der Waals surface area contributed by atoms with E-state index in [0.717, 1.165) is 4.47 Å². The monoisotopic (exact) mass is 374 g/mol. The topological polar surface area (TPSA) is 84.9 Å². The predicted molar refractivity (Wildman–Crippen MR) is 85.2 cm³/mol. The first-order valence-corrected chi connectivity index (χ1v) is 7.34. The van der Waals surface area contributed by atoms with Crippen molar-refractivity contribution in [1.29, 1.82) is 0 Å². The van der Waals surface area contributed by atoms with Gasteiger partial charge in [-0.3, -0.25) is 0 Å². The van der Waals surface area contributed by atoms with Crippen molar-refractivity contribution in [3.8, 4) is 5.75 Å². The van der Waals surface area contributed by atoms with Crippen LogP contribution in [0, 0.1) is 0 Å². The molecular weight excluding hydrogens is 354 g/mol. The van der Waals surface area contributed by atoms with Gasteiger partial charge >= 0.3 is 12.1 Å². The van der Waals surface area contributed by atoms with E-state index in [4.69, 9.17) is 10.8 Å². The summed E-state index contributed by atoms with van der Waals surface area (Å²) < 4.78 is 18.1. The molecule has 1 rings (SSSR count). The first-order valence-electron chi connectivity index (χ1n) is 7.26. The Balaban J connectivity index is 2.90. The number of carbonyl (C=O) groups is 2. The Morgan fingerprint density at radius 1 is 1.45 bits per heavy atom. The number of aliphatic carboxylic acids is 1. The maximum Gasteiger partial charge on any atom is 0.408 e. The number of rotatable bonds is 5. The largest absolute Gasteiger partial charge is 0.496 e. The van der Waals surface area contributed by atoms with Gasteiger partial charge in [-0.15, -0.1) is 0 Å². The highest BCUT2D eigenvalue weighted by Gasteiger charge is 2.25. The summed E-state index contributed by atoms with van der Waals surface area (Å²) in [6, 6.07) is 3.89. The molecule has 22 heavy (non-hydrogen) atoms. The maximum absolute atomic E-state index is 11.8. The minimum Gasteiger partial charge on any atom is -0.496 e. The van der Waals surface area contributed by atoms with Crippen molar-refractivity contribution in [1.82, 2.24) is 5.32 Å². The molecule has 1 amide bonds. The van der Waals surface area contributed by atoms with Gasteiger partial charge in [-0.05, 0) is 44.5 Å². The summed E-state index contributed by atoms with van der Waals surface area (Å²) in [6.45, 7) is 5.07. The van der Waals surface area contributed by atoms with Crippen LogP contribution in [0.25, 0.3) is 0 Å². The average molecular weight is 375 g/mol. The molecule has 0 aliphatic rings. The molecule has 0 saturated heterocycles. The molecule has 1 aromatic carbocycles. The molecule has 7 heteroatoms. The van der Waals surface area contributed by atoms with Crippen molar-refractivity contribution in [2.45, 2.75) is 38.8 Å². The summed E-state index contributed by atoms with van der Waals surface area (Å²) in [5.74, 6) is -0.784. The molecule has 0 unspecified atom stereocenters. The van der Waals surface area contributed by atoms with Crippen LogP contribution < -0.4 is 10.1 Å². The van der Waals surface area contributed by atoms with Gasteiger partial charge < -0.3 is 19.9 Å². The summed E-state index contributed by atoms with van der Waals surface area (Å²) in [5, 5.41) is 11.6. The van der Waals surface area contributed by atoms with Gasteiger partial charge in [0.1, 0.15) is 17.4 Å². The number of hydrogen-bond acceptors (Lipinski definition) is 4. The molecule has 0 radical (unpaired) electrons. The van der Waals surface area contributed by atoms with E-state index >= 15 is 0 Å². The van der Waals surface area contributed by atoms with Gasteiger partial charge in [0.25, 0.3) is 0 Å². The number of carboxylic acids is 1. The van der Waals surface area contributed by atoms with Gasteiger partial charge in [0.15, 0.2) is 0 Å². The van der Waals surface area contributed by atoms with Crippen molar-refractivity contribution in [2.75, 3.05) is 7.09 Å². The minimum atomic E-state index is -1.19. The number of carbonyl (C=O) groups excluding carboxylic acids is 1. The van der Waals surface area contributed by atoms with Crippen LogP contribution >= 0.6 is 15.9 Å². The number of alkyl carbamates (subject to hydrolysis) is 1. The maximum atomic E-state index is 11.8. The number of benzene rings is 1. The van der Waals surface area contributed by atoms with E-state index in [0.29, 0.717) is 11.3 Å². The van der Waals surface area contributed by atoms with Gasteiger partial charge in [-0.25, -0.2) is 9.59 Å². The molecule has 0 bridgehead atoms. The van der Waals surface area contributed by atoms with Crippen LogP contribution in [0.5, 0.6) is 5.75 Å². The van der Waals surface area contributed by atoms with E-state index in [1.807, 2.05) is 0 Å². The van der Waals surface area contributed by atoms with Crippen LogP contribution in [0.1, 0.15) is 27.7 Å². The zero-order chi connectivity index (χ0) is 17.6. The fraction of sp³-hybridized carbons (Fsp3) is 0.467. The molecule has 0 saturated carbocycles. The zero-order valence-corrected chi connectivity index (χ0v) is 14.3. The molecule has 0 aromatic heterocycles. The number of nitrogens with one attached hydrogen (secondary N) is 1. The molecule has 0 aliphatic heterocycles. The molecule has 0 fully saturated rings. The minimum absolute atomic E-state index is 0.00332. The highest BCUT2D eigenvalue weighted by Crippen LogP contribution is 2.24. The lowest BCUT2D eigenvalue weighted by molar-refractivity contribution is -0.139. The molecule has 0 heterocycles. The fourth-order valence-corrected chi connectivity index (χ4v) is 2.13. The van der Waals surface area contributed by atoms with Crippen molar-refractivity contribution in [3.63, 3.8) is 0 Å². The third-order valence-corrected chi connectivity index (χ3v) is 3.08. The van der Waals surface area contributed by atoms with Gasteiger partial charge in [-0.1, -0.05) is 15.9 Å². The third-order valence-electron chi connectivity index (χ3n) is 2.59. The smallest absolute Gasteiger partial charge is 0.408 e. The zero-order valence-electron chi connectivity index (χ0n) is 13.7. The van der Waals surface area contributed by atoms with Crippen LogP contribution in [0.4, 0.5) is 4.79 Å². The van der Waals surface area contributed by atoms with Crippen molar-refractivity contribution in [3.05, 3.63) is 28.2 Å². The Kier molecular flexibility index (Phi) is 5.65. The number of carboxylic acid groups (broad SMARTS) is 1. The molecule has 6 nitrogen and oxygen atoms in total. The van der Waals surface area contributed by atoms with Crippen LogP contribution in [0.3, 0.4) is 0 Å². The summed E-state index contributed by atoms with van der Waals surface area (Å²) in [4.78, 5) is 23.2. The Morgan fingerprint density at radius 3 is 2.68 bits per heavy atom. The Morgan fingerprint density at radius 2 is 2.14 bits per heavy atom. The summed E-state index contributed by atoms with van der Waals surface area (Å²) in [5.41, 5.74) is -0.155. The van der Waals surface area contributed by atoms with Gasteiger partial charge in [0.2, 0.25) is 0 Å². The first-order chi connectivity index (χ1) is 10.6. The third kappa shape index (κ3) is 5.93. The average Bonchev–Trinajstić information content (AvgIpc) is 2.39. The van der Waals surface area contributed by atoms with E-state index < -0.39 is 23.7 Å². The molecule has 122 valence electrons. The Bertz CT molecular complexity index is 573. The lowest BCUT2D eigenvalue weighted by Crippen LogP contribution is -2.44. The number of ether oxygens (including phenoxy) is 2. The summed E-state index contributed by atoms with van der Waals surface area (Å²) >= 11 is 3.30. The second kappa shape index (κ2) is 7.49. The Hall–Kier alpha value is -1.76. The fourth-order valence-electron chi connectivity index (χ4n) is 1.72. The standard InChI is InChI=1S/C15H20BrNO5/c1-15(2,3)22-14(20)17-11(13(18)19)8-9-7-10(16)5-6-12(9)21-4/h5-7,11H,8H2,1-4H3,(H,17,20)(H,18,19)/t11-/m0/s1/i4D. The van der Waals surface area contributed by atoms with E-state index in [1.165, 1.54) is 0 Å². The van der Waals surface area contributed by atoms with E-state index in [-0.39, 0.29) is 13.5 Å². The second-order valence-electron chi connectivity index (χ2n) is 5.64. The van der Waals surface area contributed by atoms with E-state index in [9.17, 15) is 14.7 Å². The predicted octanol–water partition coefficient (Wildman–Crippen LogP) is 2.98. The van der Waals surface area contributed by atoms with Crippen LogP contribution in [-0.2, 0) is 16.0 Å². The number of methoxy groups -OCH3 is 1. The lowest BCUT2D eigenvalue weighted by Gasteiger charge is -2.22. The van der Waals surface area contributed by atoms with Crippen LogP contribution in [0.15, 0.2) is 22.7 Å². The normalized spacial score (nSPS) is 13.0. The van der Waals surface area contributed by atoms with Gasteiger partial charge in [0, 0.05) is 10.9 Å². The lowest BCUT2D eigenvalue weighted by atomic mass is 10.1. The van der Waals surface area contributed by atoms with Crippen molar-refractivity contribution in [2.24, 2.45) is 0 Å². The van der Waals surface area contributed by atoms with E-state index in [2.05, 4.69) is 21.2 Å². The van der Waals surface area contributed by atoms with Gasteiger partial charge in [-0.2, -0.15) is 0 Å². The Labute approximate surface area is 139 Å². The highest BCUT2D eigenvalue weighted by atomic mass is 79.9. The van der Waals surface area contributed by atoms with E-state index in [1.54, 1.807) is 39.0 Å². The number of amides is 1. The highest BCUT2D eigenvalue weighted by molar-refractivity contribution is 9.10.